The van der Waals surface area contributed by atoms with E-state index >= 15 is 0 Å². The standard InChI is InChI=1S/C25H37NO3/c1-15(2)14-26-19-12-20(27)23(29)18(22(19)28)13-25(6)17(4)10-11-24(5)16(3)8-7-9-21(24)25/h12,15,17,21,26,28H,3,7-11,13-14H2,1-2,4-6H3/t17-,21+,24+,25+/m1/s1. The van der Waals surface area contributed by atoms with Crippen molar-refractivity contribution in [1.29, 1.82) is 0 Å². The van der Waals surface area contributed by atoms with Gasteiger partial charge >= 0.3 is 0 Å². The Morgan fingerprint density at radius 1 is 1.28 bits per heavy atom. The largest absolute Gasteiger partial charge is 0.505 e. The van der Waals surface area contributed by atoms with Crippen molar-refractivity contribution < 1.29 is 14.7 Å². The Morgan fingerprint density at radius 3 is 2.62 bits per heavy atom. The molecular formula is C25H37NO3. The summed E-state index contributed by atoms with van der Waals surface area (Å²) in [6, 6.07) is 0. The summed E-state index contributed by atoms with van der Waals surface area (Å²) in [5.74, 6) is 0.0593. The molecule has 29 heavy (non-hydrogen) atoms. The highest BCUT2D eigenvalue weighted by molar-refractivity contribution is 6.48. The van der Waals surface area contributed by atoms with Gasteiger partial charge in [0.05, 0.1) is 5.70 Å². The van der Waals surface area contributed by atoms with Crippen LogP contribution in [0.1, 0.15) is 73.1 Å². The van der Waals surface area contributed by atoms with Crippen molar-refractivity contribution in [3.63, 3.8) is 0 Å². The number of aliphatic hydroxyl groups is 1. The van der Waals surface area contributed by atoms with Gasteiger partial charge in [0.15, 0.2) is 0 Å². The summed E-state index contributed by atoms with van der Waals surface area (Å²) in [4.78, 5) is 25.2. The number of aliphatic hydroxyl groups excluding tert-OH is 1. The Balaban J connectivity index is 1.97. The molecule has 0 aromatic heterocycles. The Kier molecular flexibility index (Phi) is 5.86. The minimum Gasteiger partial charge on any atom is -0.505 e. The van der Waals surface area contributed by atoms with Crippen LogP contribution in [0.4, 0.5) is 0 Å². The minimum atomic E-state index is -0.548. The maximum Gasteiger partial charge on any atom is 0.232 e. The average Bonchev–Trinajstić information content (AvgIpc) is 2.66. The van der Waals surface area contributed by atoms with E-state index < -0.39 is 11.6 Å². The van der Waals surface area contributed by atoms with E-state index in [1.807, 2.05) is 0 Å². The summed E-state index contributed by atoms with van der Waals surface area (Å²) < 4.78 is 0. The van der Waals surface area contributed by atoms with Gasteiger partial charge in [-0.05, 0) is 67.1 Å². The van der Waals surface area contributed by atoms with Crippen LogP contribution in [0.2, 0.25) is 0 Å². The first-order valence-electron chi connectivity index (χ1n) is 11.2. The van der Waals surface area contributed by atoms with Gasteiger partial charge in [0.2, 0.25) is 11.6 Å². The van der Waals surface area contributed by atoms with E-state index in [1.165, 1.54) is 11.6 Å². The van der Waals surface area contributed by atoms with Gasteiger partial charge in [0.25, 0.3) is 0 Å². The molecule has 3 rings (SSSR count). The van der Waals surface area contributed by atoms with E-state index in [9.17, 15) is 14.7 Å². The van der Waals surface area contributed by atoms with Crippen molar-refractivity contribution in [2.24, 2.45) is 28.6 Å². The zero-order valence-electron chi connectivity index (χ0n) is 18.7. The summed E-state index contributed by atoms with van der Waals surface area (Å²) in [6.45, 7) is 16.0. The molecule has 0 bridgehead atoms. The van der Waals surface area contributed by atoms with Crippen LogP contribution >= 0.6 is 0 Å². The topological polar surface area (TPSA) is 66.4 Å². The van der Waals surface area contributed by atoms with E-state index in [-0.39, 0.29) is 16.6 Å². The summed E-state index contributed by atoms with van der Waals surface area (Å²) in [6.07, 6.45) is 7.22. The van der Waals surface area contributed by atoms with Crippen molar-refractivity contribution in [3.8, 4) is 0 Å². The first kappa shape index (κ1) is 21.9. The number of hydrogen-bond donors (Lipinski definition) is 2. The zero-order valence-corrected chi connectivity index (χ0v) is 18.7. The first-order chi connectivity index (χ1) is 13.5. The summed E-state index contributed by atoms with van der Waals surface area (Å²) >= 11 is 0. The molecule has 0 amide bonds. The second-order valence-corrected chi connectivity index (χ2v) is 10.4. The quantitative estimate of drug-likeness (QED) is 0.375. The van der Waals surface area contributed by atoms with Gasteiger partial charge in [0.1, 0.15) is 5.76 Å². The smallest absolute Gasteiger partial charge is 0.232 e. The van der Waals surface area contributed by atoms with Crippen LogP contribution in [0, 0.1) is 28.6 Å². The number of hydrogen-bond acceptors (Lipinski definition) is 4. The van der Waals surface area contributed by atoms with Crippen molar-refractivity contribution in [1.82, 2.24) is 5.32 Å². The molecule has 2 fully saturated rings. The van der Waals surface area contributed by atoms with Crippen molar-refractivity contribution in [2.75, 3.05) is 6.54 Å². The molecule has 0 aromatic carbocycles. The molecule has 2 N–H and O–H groups in total. The van der Waals surface area contributed by atoms with Gasteiger partial charge in [-0.2, -0.15) is 0 Å². The number of nitrogens with one attached hydrogen (secondary N) is 1. The lowest BCUT2D eigenvalue weighted by Crippen LogP contribution is -2.51. The van der Waals surface area contributed by atoms with E-state index in [1.54, 1.807) is 0 Å². The van der Waals surface area contributed by atoms with Gasteiger partial charge in [0, 0.05) is 18.2 Å². The summed E-state index contributed by atoms with van der Waals surface area (Å²) in [7, 11) is 0. The van der Waals surface area contributed by atoms with Crippen molar-refractivity contribution >= 4 is 11.6 Å². The molecule has 2 saturated carbocycles. The lowest BCUT2D eigenvalue weighted by atomic mass is 9.46. The highest BCUT2D eigenvalue weighted by Gasteiger charge is 2.54. The highest BCUT2D eigenvalue weighted by atomic mass is 16.3. The number of Topliss-reactive ketones (excluding diaryl/α,β-unsaturated/α-hetero) is 1. The second-order valence-electron chi connectivity index (χ2n) is 10.4. The van der Waals surface area contributed by atoms with Crippen LogP contribution in [-0.2, 0) is 9.59 Å². The van der Waals surface area contributed by atoms with E-state index in [2.05, 4.69) is 46.5 Å². The first-order valence-corrected chi connectivity index (χ1v) is 11.2. The molecule has 0 saturated heterocycles. The second kappa shape index (κ2) is 7.77. The molecule has 0 unspecified atom stereocenters. The average molecular weight is 400 g/mol. The number of carbonyl (C=O) groups is 2. The molecule has 0 spiro atoms. The highest BCUT2D eigenvalue weighted by Crippen LogP contribution is 2.63. The molecule has 3 aliphatic carbocycles. The molecule has 0 radical (unpaired) electrons. The zero-order chi connectivity index (χ0) is 21.6. The number of rotatable bonds is 5. The van der Waals surface area contributed by atoms with E-state index in [0.29, 0.717) is 42.0 Å². The fourth-order valence-corrected chi connectivity index (χ4v) is 5.94. The lowest BCUT2D eigenvalue weighted by molar-refractivity contribution is -0.132. The molecule has 160 valence electrons. The summed E-state index contributed by atoms with van der Waals surface area (Å²) in [5.41, 5.74) is 1.93. The maximum atomic E-state index is 12.8. The lowest BCUT2D eigenvalue weighted by Gasteiger charge is -2.59. The van der Waals surface area contributed by atoms with Crippen LogP contribution in [0.15, 0.2) is 35.3 Å². The van der Waals surface area contributed by atoms with Crippen molar-refractivity contribution in [3.05, 3.63) is 35.3 Å². The van der Waals surface area contributed by atoms with E-state index in [0.717, 1.165) is 32.1 Å². The van der Waals surface area contributed by atoms with Crippen LogP contribution in [-0.4, -0.2) is 23.2 Å². The molecule has 0 heterocycles. The monoisotopic (exact) mass is 399 g/mol. The fraction of sp³-hybridized carbons (Fsp3) is 0.680. The number of allylic oxidation sites excluding steroid dienone is 3. The Bertz CT molecular complexity index is 790. The third kappa shape index (κ3) is 3.71. The Labute approximate surface area is 175 Å². The fourth-order valence-electron chi connectivity index (χ4n) is 5.94. The van der Waals surface area contributed by atoms with Gasteiger partial charge in [-0.1, -0.05) is 46.8 Å². The number of ketones is 2. The molecule has 3 aliphatic rings. The van der Waals surface area contributed by atoms with Gasteiger partial charge in [-0.3, -0.25) is 9.59 Å². The van der Waals surface area contributed by atoms with Gasteiger partial charge < -0.3 is 10.4 Å². The Hall–Kier alpha value is -1.84. The molecule has 0 aliphatic heterocycles. The third-order valence-corrected chi connectivity index (χ3v) is 8.14. The summed E-state index contributed by atoms with van der Waals surface area (Å²) in [5, 5.41) is 14.1. The molecule has 4 nitrogen and oxygen atoms in total. The number of fused-ring (bicyclic) bond motifs is 1. The molecule has 4 heteroatoms. The van der Waals surface area contributed by atoms with Gasteiger partial charge in [-0.15, -0.1) is 0 Å². The van der Waals surface area contributed by atoms with Crippen LogP contribution in [0.3, 0.4) is 0 Å². The van der Waals surface area contributed by atoms with Crippen LogP contribution in [0.25, 0.3) is 0 Å². The maximum absolute atomic E-state index is 12.8. The normalized spacial score (nSPS) is 35.7. The number of carbonyl (C=O) groups excluding carboxylic acids is 2. The molecular weight excluding hydrogens is 362 g/mol. The predicted octanol–water partition coefficient (Wildman–Crippen LogP) is 5.27. The van der Waals surface area contributed by atoms with E-state index in [4.69, 9.17) is 0 Å². The minimum absolute atomic E-state index is 0.0365. The van der Waals surface area contributed by atoms with Crippen LogP contribution in [0.5, 0.6) is 0 Å². The SMILES string of the molecule is C=C1CCC[C@@H]2[C@@](C)(CC3=C(O)C(NCC(C)C)=CC(=O)C3=O)[C@H](C)CC[C@@]12C. The molecule has 0 aromatic rings. The predicted molar refractivity (Wildman–Crippen MR) is 116 cm³/mol. The third-order valence-electron chi connectivity index (χ3n) is 8.14. The van der Waals surface area contributed by atoms with Crippen LogP contribution < -0.4 is 5.32 Å². The molecule has 4 atom stereocenters. The van der Waals surface area contributed by atoms with Gasteiger partial charge in [-0.25, -0.2) is 0 Å². The Morgan fingerprint density at radius 2 is 1.97 bits per heavy atom. The van der Waals surface area contributed by atoms with Crippen molar-refractivity contribution in [2.45, 2.75) is 73.1 Å².